The van der Waals surface area contributed by atoms with Crippen molar-refractivity contribution < 1.29 is 14.0 Å². The molecule has 0 radical (unpaired) electrons. The molecule has 1 saturated carbocycles. The first kappa shape index (κ1) is 18.1. The van der Waals surface area contributed by atoms with Crippen molar-refractivity contribution in [3.8, 4) is 0 Å². The fraction of sp³-hybridized carbons (Fsp3) is 0.421. The van der Waals surface area contributed by atoms with Gasteiger partial charge in [-0.15, -0.1) is 0 Å². The van der Waals surface area contributed by atoms with Crippen LogP contribution in [0.1, 0.15) is 41.7 Å². The van der Waals surface area contributed by atoms with Gasteiger partial charge in [0.1, 0.15) is 11.6 Å². The number of benzene rings is 1. The van der Waals surface area contributed by atoms with E-state index in [-0.39, 0.29) is 29.2 Å². The molecule has 1 aliphatic carbocycles. The second kappa shape index (κ2) is 7.68. The van der Waals surface area contributed by atoms with Crippen molar-refractivity contribution in [1.29, 1.82) is 0 Å². The second-order valence-electron chi connectivity index (χ2n) is 6.80. The third kappa shape index (κ3) is 4.09. The summed E-state index contributed by atoms with van der Waals surface area (Å²) in [5.74, 6) is -0.0174. The van der Waals surface area contributed by atoms with E-state index in [9.17, 15) is 14.0 Å². The van der Waals surface area contributed by atoms with E-state index in [1.807, 2.05) is 0 Å². The number of anilines is 1. The number of aromatic nitrogens is 2. The maximum absolute atomic E-state index is 13.0. The first-order chi connectivity index (χ1) is 12.4. The van der Waals surface area contributed by atoms with Gasteiger partial charge in [0, 0.05) is 32.6 Å². The molecule has 0 spiro atoms. The van der Waals surface area contributed by atoms with Crippen LogP contribution in [0.25, 0.3) is 0 Å². The lowest BCUT2D eigenvalue weighted by atomic mass is 10.1. The van der Waals surface area contributed by atoms with Crippen LogP contribution in [0.3, 0.4) is 0 Å². The number of hydrogen-bond acceptors (Lipinski definition) is 3. The SMILES string of the molecule is CN(Cc1ccc(F)cc1)C(=O)c1cc(NC(=O)C2CCCC2)n(C)n1. The summed E-state index contributed by atoms with van der Waals surface area (Å²) in [6.45, 7) is 0.347. The zero-order valence-corrected chi connectivity index (χ0v) is 15.0. The molecule has 0 saturated heterocycles. The highest BCUT2D eigenvalue weighted by Gasteiger charge is 2.24. The molecule has 1 aliphatic rings. The van der Waals surface area contributed by atoms with Crippen molar-refractivity contribution >= 4 is 17.6 Å². The average molecular weight is 358 g/mol. The zero-order chi connectivity index (χ0) is 18.7. The van der Waals surface area contributed by atoms with Gasteiger partial charge in [-0.05, 0) is 30.5 Å². The minimum absolute atomic E-state index is 0.0100. The van der Waals surface area contributed by atoms with Crippen LogP contribution < -0.4 is 5.32 Å². The Morgan fingerprint density at radius 2 is 1.92 bits per heavy atom. The summed E-state index contributed by atoms with van der Waals surface area (Å²) < 4.78 is 14.5. The zero-order valence-electron chi connectivity index (χ0n) is 15.0. The van der Waals surface area contributed by atoms with Crippen LogP contribution in [0, 0.1) is 11.7 Å². The maximum Gasteiger partial charge on any atom is 0.274 e. The van der Waals surface area contributed by atoms with Gasteiger partial charge in [-0.2, -0.15) is 5.10 Å². The molecule has 0 atom stereocenters. The summed E-state index contributed by atoms with van der Waals surface area (Å²) in [5, 5.41) is 7.09. The lowest BCUT2D eigenvalue weighted by Crippen LogP contribution is -2.26. The van der Waals surface area contributed by atoms with E-state index in [2.05, 4.69) is 10.4 Å². The van der Waals surface area contributed by atoms with Crippen molar-refractivity contribution in [1.82, 2.24) is 14.7 Å². The summed E-state index contributed by atoms with van der Waals surface area (Å²) in [6, 6.07) is 7.61. The first-order valence-electron chi connectivity index (χ1n) is 8.79. The van der Waals surface area contributed by atoms with Crippen molar-refractivity contribution in [2.45, 2.75) is 32.2 Å². The van der Waals surface area contributed by atoms with Gasteiger partial charge in [-0.25, -0.2) is 4.39 Å². The van der Waals surface area contributed by atoms with Gasteiger partial charge in [-0.3, -0.25) is 14.3 Å². The molecular formula is C19H23FN4O2. The Kier molecular flexibility index (Phi) is 5.35. The van der Waals surface area contributed by atoms with E-state index in [1.165, 1.54) is 21.7 Å². The van der Waals surface area contributed by atoms with E-state index in [0.717, 1.165) is 31.2 Å². The molecule has 0 unspecified atom stereocenters. The van der Waals surface area contributed by atoms with Crippen LogP contribution in [-0.4, -0.2) is 33.5 Å². The fourth-order valence-electron chi connectivity index (χ4n) is 3.24. The summed E-state index contributed by atoms with van der Waals surface area (Å²) >= 11 is 0. The van der Waals surface area contributed by atoms with E-state index in [0.29, 0.717) is 12.4 Å². The van der Waals surface area contributed by atoms with E-state index in [1.54, 1.807) is 32.3 Å². The van der Waals surface area contributed by atoms with Gasteiger partial charge >= 0.3 is 0 Å². The minimum atomic E-state index is -0.310. The molecule has 3 rings (SSSR count). The number of nitrogens with one attached hydrogen (secondary N) is 1. The highest BCUT2D eigenvalue weighted by molar-refractivity contribution is 5.96. The molecule has 6 nitrogen and oxygen atoms in total. The number of rotatable bonds is 5. The van der Waals surface area contributed by atoms with Crippen molar-refractivity contribution in [3.63, 3.8) is 0 Å². The monoisotopic (exact) mass is 358 g/mol. The Bertz CT molecular complexity index is 794. The lowest BCUT2D eigenvalue weighted by Gasteiger charge is -2.15. The van der Waals surface area contributed by atoms with Crippen LogP contribution in [0.15, 0.2) is 30.3 Å². The van der Waals surface area contributed by atoms with Gasteiger partial charge in [0.2, 0.25) is 5.91 Å². The minimum Gasteiger partial charge on any atom is -0.336 e. The molecule has 138 valence electrons. The quantitative estimate of drug-likeness (QED) is 0.894. The molecule has 26 heavy (non-hydrogen) atoms. The van der Waals surface area contributed by atoms with Crippen molar-refractivity contribution in [3.05, 3.63) is 47.4 Å². The molecule has 2 amide bonds. The first-order valence-corrected chi connectivity index (χ1v) is 8.79. The van der Waals surface area contributed by atoms with Gasteiger partial charge in [0.05, 0.1) is 0 Å². The largest absolute Gasteiger partial charge is 0.336 e. The third-order valence-corrected chi connectivity index (χ3v) is 4.76. The van der Waals surface area contributed by atoms with E-state index < -0.39 is 0 Å². The molecule has 0 bridgehead atoms. The summed E-state index contributed by atoms with van der Waals surface area (Å²) in [4.78, 5) is 26.4. The molecule has 7 heteroatoms. The number of halogens is 1. The lowest BCUT2D eigenvalue weighted by molar-refractivity contribution is -0.119. The van der Waals surface area contributed by atoms with Gasteiger partial charge in [-0.1, -0.05) is 25.0 Å². The van der Waals surface area contributed by atoms with Gasteiger partial charge in [0.15, 0.2) is 5.69 Å². The molecule has 1 heterocycles. The highest BCUT2D eigenvalue weighted by Crippen LogP contribution is 2.26. The summed E-state index contributed by atoms with van der Waals surface area (Å²) in [5.41, 5.74) is 1.09. The van der Waals surface area contributed by atoms with E-state index in [4.69, 9.17) is 0 Å². The van der Waals surface area contributed by atoms with E-state index >= 15 is 0 Å². The average Bonchev–Trinajstić information content (AvgIpc) is 3.27. The van der Waals surface area contributed by atoms with Crippen LogP contribution >= 0.6 is 0 Å². The van der Waals surface area contributed by atoms with Crippen LogP contribution in [0.5, 0.6) is 0 Å². The molecule has 1 fully saturated rings. The normalized spacial score (nSPS) is 14.4. The van der Waals surface area contributed by atoms with Gasteiger partial charge < -0.3 is 10.2 Å². The Morgan fingerprint density at radius 1 is 1.27 bits per heavy atom. The predicted octanol–water partition coefficient (Wildman–Crippen LogP) is 2.96. The molecule has 1 aromatic carbocycles. The third-order valence-electron chi connectivity index (χ3n) is 4.76. The number of carbonyl (C=O) groups excluding carboxylic acids is 2. The second-order valence-corrected chi connectivity index (χ2v) is 6.80. The Labute approximate surface area is 152 Å². The van der Waals surface area contributed by atoms with Crippen molar-refractivity contribution in [2.24, 2.45) is 13.0 Å². The van der Waals surface area contributed by atoms with Gasteiger partial charge in [0.25, 0.3) is 5.91 Å². The summed E-state index contributed by atoms with van der Waals surface area (Å²) in [7, 11) is 3.36. The molecule has 1 N–H and O–H groups in total. The molecule has 2 aromatic rings. The summed E-state index contributed by atoms with van der Waals surface area (Å²) in [6.07, 6.45) is 3.99. The number of hydrogen-bond donors (Lipinski definition) is 1. The molecule has 0 aliphatic heterocycles. The number of nitrogens with zero attached hydrogens (tertiary/aromatic N) is 3. The maximum atomic E-state index is 13.0. The number of amides is 2. The molecule has 1 aromatic heterocycles. The number of aryl methyl sites for hydroxylation is 1. The Balaban J connectivity index is 1.65. The topological polar surface area (TPSA) is 67.2 Å². The number of carbonyl (C=O) groups is 2. The van der Waals surface area contributed by atoms with Crippen LogP contribution in [0.4, 0.5) is 10.2 Å². The van der Waals surface area contributed by atoms with Crippen LogP contribution in [-0.2, 0) is 18.4 Å². The standard InChI is InChI=1S/C19H23FN4O2/c1-23(12-13-7-9-15(20)10-8-13)19(26)16-11-17(24(2)22-16)21-18(25)14-5-3-4-6-14/h7-11,14H,3-6,12H2,1-2H3,(H,21,25). The smallest absolute Gasteiger partial charge is 0.274 e. The highest BCUT2D eigenvalue weighted by atomic mass is 19.1. The van der Waals surface area contributed by atoms with Crippen molar-refractivity contribution in [2.75, 3.05) is 12.4 Å². The Morgan fingerprint density at radius 3 is 2.58 bits per heavy atom. The molecular weight excluding hydrogens is 335 g/mol. The predicted molar refractivity (Wildman–Crippen MR) is 96.0 cm³/mol. The van der Waals surface area contributed by atoms with Crippen LogP contribution in [0.2, 0.25) is 0 Å². The fourth-order valence-corrected chi connectivity index (χ4v) is 3.24. The Hall–Kier alpha value is -2.70.